The van der Waals surface area contributed by atoms with Crippen molar-refractivity contribution in [2.24, 2.45) is 0 Å². The van der Waals surface area contributed by atoms with Gasteiger partial charge in [-0.1, -0.05) is 12.1 Å². The van der Waals surface area contributed by atoms with Crippen LogP contribution in [0.3, 0.4) is 0 Å². The molecule has 1 aliphatic heterocycles. The number of hydrogen-bond donors (Lipinski definition) is 2. The van der Waals surface area contributed by atoms with E-state index in [0.717, 1.165) is 16.0 Å². The molecule has 0 spiro atoms. The first-order valence-electron chi connectivity index (χ1n) is 6.57. The standard InChI is InChI=1S/C15H14BrN3O2/c1-9-10(6-7-14(16)18-9)19-15(20)13-8-17-11-4-2-3-5-12(11)21-13/h2-7,13,17H,8H2,1H3,(H,19,20). The summed E-state index contributed by atoms with van der Waals surface area (Å²) in [7, 11) is 0. The van der Waals surface area contributed by atoms with Crippen molar-refractivity contribution in [3.05, 3.63) is 46.7 Å². The molecule has 0 radical (unpaired) electrons. The van der Waals surface area contributed by atoms with Gasteiger partial charge in [0.1, 0.15) is 10.4 Å². The number of anilines is 2. The molecule has 0 bridgehead atoms. The monoisotopic (exact) mass is 347 g/mol. The number of nitrogens with one attached hydrogen (secondary N) is 2. The van der Waals surface area contributed by atoms with Crippen molar-refractivity contribution in [1.82, 2.24) is 4.98 Å². The number of nitrogens with zero attached hydrogens (tertiary/aromatic N) is 1. The summed E-state index contributed by atoms with van der Waals surface area (Å²) in [6.45, 7) is 2.28. The maximum absolute atomic E-state index is 12.3. The number of ether oxygens (including phenoxy) is 1. The summed E-state index contributed by atoms with van der Waals surface area (Å²) in [5.74, 6) is 0.499. The average Bonchev–Trinajstić information content (AvgIpc) is 2.49. The molecule has 2 heterocycles. The van der Waals surface area contributed by atoms with Gasteiger partial charge in [0.05, 0.1) is 23.6 Å². The van der Waals surface area contributed by atoms with E-state index in [0.29, 0.717) is 18.0 Å². The van der Waals surface area contributed by atoms with Crippen molar-refractivity contribution in [1.29, 1.82) is 0 Å². The van der Waals surface area contributed by atoms with E-state index in [-0.39, 0.29) is 5.91 Å². The summed E-state index contributed by atoms with van der Waals surface area (Å²) in [5, 5.41) is 6.04. The summed E-state index contributed by atoms with van der Waals surface area (Å²) in [6, 6.07) is 11.2. The van der Waals surface area contributed by atoms with Crippen molar-refractivity contribution >= 4 is 33.2 Å². The molecule has 1 aromatic heterocycles. The van der Waals surface area contributed by atoms with Crippen LogP contribution in [0.2, 0.25) is 0 Å². The topological polar surface area (TPSA) is 63.2 Å². The molecule has 2 N–H and O–H groups in total. The quantitative estimate of drug-likeness (QED) is 0.819. The van der Waals surface area contributed by atoms with Gasteiger partial charge in [0.25, 0.3) is 5.91 Å². The fourth-order valence-electron chi connectivity index (χ4n) is 2.13. The summed E-state index contributed by atoms with van der Waals surface area (Å²) in [6.07, 6.45) is -0.567. The van der Waals surface area contributed by atoms with Crippen molar-refractivity contribution in [3.63, 3.8) is 0 Å². The Labute approximate surface area is 130 Å². The van der Waals surface area contributed by atoms with E-state index in [1.165, 1.54) is 0 Å². The predicted octanol–water partition coefficient (Wildman–Crippen LogP) is 2.96. The minimum absolute atomic E-state index is 0.191. The predicted molar refractivity (Wildman–Crippen MR) is 84.7 cm³/mol. The van der Waals surface area contributed by atoms with Crippen LogP contribution in [0.15, 0.2) is 41.0 Å². The second kappa shape index (κ2) is 5.73. The fraction of sp³-hybridized carbons (Fsp3) is 0.200. The smallest absolute Gasteiger partial charge is 0.267 e. The third-order valence-electron chi connectivity index (χ3n) is 3.24. The number of fused-ring (bicyclic) bond motifs is 1. The number of aromatic nitrogens is 1. The third-order valence-corrected chi connectivity index (χ3v) is 3.68. The Hall–Kier alpha value is -2.08. The summed E-state index contributed by atoms with van der Waals surface area (Å²) in [4.78, 5) is 16.6. The van der Waals surface area contributed by atoms with Crippen molar-refractivity contribution in [2.75, 3.05) is 17.2 Å². The van der Waals surface area contributed by atoms with Crippen molar-refractivity contribution in [3.8, 4) is 5.75 Å². The van der Waals surface area contributed by atoms with Gasteiger partial charge in [-0.15, -0.1) is 0 Å². The van der Waals surface area contributed by atoms with Gasteiger partial charge < -0.3 is 15.4 Å². The summed E-state index contributed by atoms with van der Waals surface area (Å²) < 4.78 is 6.46. The van der Waals surface area contributed by atoms with Crippen LogP contribution < -0.4 is 15.4 Å². The van der Waals surface area contributed by atoms with E-state index in [9.17, 15) is 4.79 Å². The minimum Gasteiger partial charge on any atom is -0.477 e. The molecule has 108 valence electrons. The zero-order valence-electron chi connectivity index (χ0n) is 11.4. The van der Waals surface area contributed by atoms with E-state index in [2.05, 4.69) is 31.5 Å². The van der Waals surface area contributed by atoms with Crippen molar-refractivity contribution in [2.45, 2.75) is 13.0 Å². The lowest BCUT2D eigenvalue weighted by Crippen LogP contribution is -2.41. The number of benzene rings is 1. The molecule has 1 atom stereocenters. The van der Waals surface area contributed by atoms with Gasteiger partial charge in [-0.05, 0) is 47.1 Å². The Kier molecular flexibility index (Phi) is 3.79. The highest BCUT2D eigenvalue weighted by Crippen LogP contribution is 2.28. The van der Waals surface area contributed by atoms with Crippen molar-refractivity contribution < 1.29 is 9.53 Å². The van der Waals surface area contributed by atoms with Gasteiger partial charge in [-0.25, -0.2) is 4.98 Å². The van der Waals surface area contributed by atoms with Crippen LogP contribution in [0.25, 0.3) is 0 Å². The molecule has 0 aliphatic carbocycles. The molecule has 6 heteroatoms. The Morgan fingerprint density at radius 1 is 1.38 bits per heavy atom. The minimum atomic E-state index is -0.567. The van der Waals surface area contributed by atoms with Crippen LogP contribution in [0, 0.1) is 6.92 Å². The maximum Gasteiger partial charge on any atom is 0.267 e. The Morgan fingerprint density at radius 3 is 3.00 bits per heavy atom. The van der Waals surface area contributed by atoms with Gasteiger partial charge in [0, 0.05) is 0 Å². The van der Waals surface area contributed by atoms with E-state index in [1.54, 1.807) is 6.07 Å². The lowest BCUT2D eigenvalue weighted by Gasteiger charge is -2.26. The molecule has 2 aromatic rings. The molecule has 0 fully saturated rings. The van der Waals surface area contributed by atoms with Gasteiger partial charge in [0.2, 0.25) is 0 Å². The Morgan fingerprint density at radius 2 is 2.19 bits per heavy atom. The second-order valence-electron chi connectivity index (χ2n) is 4.74. The number of rotatable bonds is 2. The molecule has 0 saturated heterocycles. The highest BCUT2D eigenvalue weighted by Gasteiger charge is 2.26. The number of aryl methyl sites for hydroxylation is 1. The maximum atomic E-state index is 12.3. The summed E-state index contributed by atoms with van der Waals surface area (Å²) >= 11 is 3.30. The number of halogens is 1. The highest BCUT2D eigenvalue weighted by molar-refractivity contribution is 9.10. The number of amides is 1. The lowest BCUT2D eigenvalue weighted by molar-refractivity contribution is -0.122. The molecule has 21 heavy (non-hydrogen) atoms. The van der Waals surface area contributed by atoms with Crippen LogP contribution in [0.1, 0.15) is 5.69 Å². The molecule has 0 saturated carbocycles. The largest absolute Gasteiger partial charge is 0.477 e. The average molecular weight is 348 g/mol. The zero-order chi connectivity index (χ0) is 14.8. The lowest BCUT2D eigenvalue weighted by atomic mass is 10.2. The Bertz CT molecular complexity index is 690. The summed E-state index contributed by atoms with van der Waals surface area (Å²) in [5.41, 5.74) is 2.34. The van der Waals surface area contributed by atoms with Gasteiger partial charge in [-0.3, -0.25) is 4.79 Å². The number of pyridine rings is 1. The molecule has 1 amide bonds. The molecule has 1 aromatic carbocycles. The van der Waals surface area contributed by atoms with E-state index < -0.39 is 6.10 Å². The molecule has 5 nitrogen and oxygen atoms in total. The number of carbonyl (C=O) groups is 1. The molecular formula is C15H14BrN3O2. The van der Waals surface area contributed by atoms with Crippen LogP contribution in [-0.2, 0) is 4.79 Å². The first kappa shape index (κ1) is 13.9. The van der Waals surface area contributed by atoms with Gasteiger partial charge in [-0.2, -0.15) is 0 Å². The van der Waals surface area contributed by atoms with E-state index >= 15 is 0 Å². The first-order chi connectivity index (χ1) is 10.1. The SMILES string of the molecule is Cc1nc(Br)ccc1NC(=O)C1CNc2ccccc2O1. The van der Waals surface area contributed by atoms with Gasteiger partial charge in [0.15, 0.2) is 6.10 Å². The molecule has 3 rings (SSSR count). The van der Waals surface area contributed by atoms with Crippen LogP contribution in [-0.4, -0.2) is 23.5 Å². The molecular weight excluding hydrogens is 334 g/mol. The highest BCUT2D eigenvalue weighted by atomic mass is 79.9. The van der Waals surface area contributed by atoms with Crippen LogP contribution in [0.4, 0.5) is 11.4 Å². The van der Waals surface area contributed by atoms with E-state index in [4.69, 9.17) is 4.74 Å². The normalized spacial score (nSPS) is 16.4. The first-order valence-corrected chi connectivity index (χ1v) is 7.36. The molecule has 1 unspecified atom stereocenters. The number of hydrogen-bond acceptors (Lipinski definition) is 4. The number of para-hydroxylation sites is 2. The van der Waals surface area contributed by atoms with E-state index in [1.807, 2.05) is 37.3 Å². The molecule has 1 aliphatic rings. The second-order valence-corrected chi connectivity index (χ2v) is 5.55. The van der Waals surface area contributed by atoms with Crippen LogP contribution >= 0.6 is 15.9 Å². The van der Waals surface area contributed by atoms with Gasteiger partial charge >= 0.3 is 0 Å². The number of carbonyl (C=O) groups excluding carboxylic acids is 1. The fourth-order valence-corrected chi connectivity index (χ4v) is 2.53. The third kappa shape index (κ3) is 3.00. The van der Waals surface area contributed by atoms with Crippen LogP contribution in [0.5, 0.6) is 5.75 Å². The zero-order valence-corrected chi connectivity index (χ0v) is 13.0. The Balaban J connectivity index is 1.72.